The van der Waals surface area contributed by atoms with Gasteiger partial charge in [0.25, 0.3) is 0 Å². The molecule has 0 bridgehead atoms. The van der Waals surface area contributed by atoms with E-state index in [0.29, 0.717) is 0 Å². The van der Waals surface area contributed by atoms with Gasteiger partial charge in [0.15, 0.2) is 0 Å². The van der Waals surface area contributed by atoms with Crippen LogP contribution in [0.4, 0.5) is 0 Å². The van der Waals surface area contributed by atoms with Crippen LogP contribution in [0, 0.1) is 0 Å². The first-order chi connectivity index (χ1) is 8.24. The Morgan fingerprint density at radius 3 is 2.50 bits per heavy atom. The summed E-state index contributed by atoms with van der Waals surface area (Å²) >= 11 is 0. The molecular weight excluding hydrogens is 248 g/mol. The van der Waals surface area contributed by atoms with Crippen molar-refractivity contribution in [3.8, 4) is 5.75 Å². The molecule has 96 valence electrons. The molecule has 1 heterocycles. The van der Waals surface area contributed by atoms with Crippen molar-refractivity contribution in [1.82, 2.24) is 5.32 Å². The van der Waals surface area contributed by atoms with Gasteiger partial charge in [-0.05, 0) is 16.8 Å². The Kier molecular flexibility index (Phi) is 3.48. The molecule has 3 rings (SSSR count). The van der Waals surface area contributed by atoms with Gasteiger partial charge in [0.1, 0.15) is 5.75 Å². The fourth-order valence-corrected chi connectivity index (χ4v) is 2.51. The van der Waals surface area contributed by atoms with E-state index in [-0.39, 0.29) is 17.9 Å². The van der Waals surface area contributed by atoms with Gasteiger partial charge in [-0.15, -0.1) is 12.4 Å². The molecule has 18 heavy (non-hydrogen) atoms. The summed E-state index contributed by atoms with van der Waals surface area (Å²) in [4.78, 5) is 0. The van der Waals surface area contributed by atoms with Crippen LogP contribution in [0.15, 0.2) is 36.4 Å². The molecule has 1 aliphatic heterocycles. The zero-order chi connectivity index (χ0) is 11.9. The molecule has 0 radical (unpaired) electrons. The average molecular weight is 265 g/mol. The van der Waals surface area contributed by atoms with Gasteiger partial charge in [-0.2, -0.15) is 0 Å². The molecule has 2 aromatic carbocycles. The summed E-state index contributed by atoms with van der Waals surface area (Å²) in [6.07, 6.45) is 0. The van der Waals surface area contributed by atoms with Gasteiger partial charge < -0.3 is 15.8 Å². The number of methoxy groups -OCH3 is 1. The minimum Gasteiger partial charge on any atom is -0.496 e. The van der Waals surface area contributed by atoms with E-state index in [9.17, 15) is 0 Å². The minimum absolute atomic E-state index is 0. The lowest BCUT2D eigenvalue weighted by atomic mass is 9.82. The van der Waals surface area contributed by atoms with E-state index in [2.05, 4.69) is 23.5 Å². The lowest BCUT2D eigenvalue weighted by Gasteiger charge is -2.40. The predicted molar refractivity (Wildman–Crippen MR) is 76.5 cm³/mol. The summed E-state index contributed by atoms with van der Waals surface area (Å²) in [5.74, 6) is 0.882. The fourth-order valence-electron chi connectivity index (χ4n) is 2.51. The lowest BCUT2D eigenvalue weighted by molar-refractivity contribution is 0.277. The zero-order valence-electron chi connectivity index (χ0n) is 10.3. The molecule has 0 amide bonds. The van der Waals surface area contributed by atoms with Gasteiger partial charge in [0.05, 0.1) is 12.6 Å². The van der Waals surface area contributed by atoms with Crippen LogP contribution in [-0.4, -0.2) is 20.2 Å². The topological polar surface area (TPSA) is 47.3 Å². The Bertz CT molecular complexity index is 567. The Hall–Kier alpha value is -1.29. The Morgan fingerprint density at radius 2 is 1.89 bits per heavy atom. The first-order valence-electron chi connectivity index (χ1n) is 5.80. The summed E-state index contributed by atoms with van der Waals surface area (Å²) in [7, 11) is 1.70. The highest BCUT2D eigenvalue weighted by Gasteiger charge is 2.37. The minimum atomic E-state index is -0.299. The van der Waals surface area contributed by atoms with Crippen LogP contribution < -0.4 is 15.8 Å². The summed E-state index contributed by atoms with van der Waals surface area (Å²) in [5.41, 5.74) is 7.25. The first-order valence-corrected chi connectivity index (χ1v) is 5.80. The van der Waals surface area contributed by atoms with E-state index >= 15 is 0 Å². The highest BCUT2D eigenvalue weighted by molar-refractivity contribution is 5.89. The monoisotopic (exact) mass is 264 g/mol. The van der Waals surface area contributed by atoms with E-state index in [1.54, 1.807) is 7.11 Å². The molecule has 0 saturated carbocycles. The molecule has 2 aromatic rings. The summed E-state index contributed by atoms with van der Waals surface area (Å²) < 4.78 is 5.47. The first kappa shape index (κ1) is 13.1. The molecule has 1 fully saturated rings. The lowest BCUT2D eigenvalue weighted by Crippen LogP contribution is -2.62. The SMILES string of the molecule is COc1ccc2ccccc2c1C1(N)CNC1.Cl. The van der Waals surface area contributed by atoms with Gasteiger partial charge in [-0.1, -0.05) is 30.3 Å². The largest absolute Gasteiger partial charge is 0.496 e. The van der Waals surface area contributed by atoms with Crippen LogP contribution in [0.5, 0.6) is 5.75 Å². The molecule has 0 atom stereocenters. The number of halogens is 1. The van der Waals surface area contributed by atoms with Crippen LogP contribution in [0.25, 0.3) is 10.8 Å². The summed E-state index contributed by atoms with van der Waals surface area (Å²) in [5, 5.41) is 5.63. The van der Waals surface area contributed by atoms with Gasteiger partial charge in [-0.25, -0.2) is 0 Å². The third kappa shape index (κ3) is 1.85. The molecule has 3 N–H and O–H groups in total. The van der Waals surface area contributed by atoms with Crippen LogP contribution in [0.1, 0.15) is 5.56 Å². The smallest absolute Gasteiger partial charge is 0.124 e. The van der Waals surface area contributed by atoms with E-state index in [4.69, 9.17) is 10.5 Å². The predicted octanol–water partition coefficient (Wildman–Crippen LogP) is 2.03. The van der Waals surface area contributed by atoms with Crippen molar-refractivity contribution in [3.63, 3.8) is 0 Å². The molecule has 0 unspecified atom stereocenters. The Labute approximate surface area is 113 Å². The van der Waals surface area contributed by atoms with Gasteiger partial charge in [0.2, 0.25) is 0 Å². The molecule has 4 heteroatoms. The van der Waals surface area contributed by atoms with Crippen LogP contribution in [-0.2, 0) is 5.54 Å². The van der Waals surface area contributed by atoms with Crippen molar-refractivity contribution in [1.29, 1.82) is 0 Å². The average Bonchev–Trinajstić information content (AvgIpc) is 2.34. The molecule has 0 aliphatic carbocycles. The number of hydrogen-bond acceptors (Lipinski definition) is 3. The molecule has 0 aromatic heterocycles. The van der Waals surface area contributed by atoms with Gasteiger partial charge in [-0.3, -0.25) is 0 Å². The fraction of sp³-hybridized carbons (Fsp3) is 0.286. The summed E-state index contributed by atoms with van der Waals surface area (Å²) in [6.45, 7) is 1.61. The molecule has 0 spiro atoms. The third-order valence-electron chi connectivity index (χ3n) is 3.49. The highest BCUT2D eigenvalue weighted by Crippen LogP contribution is 2.37. The maximum atomic E-state index is 6.42. The highest BCUT2D eigenvalue weighted by atomic mass is 35.5. The molecule has 1 saturated heterocycles. The van der Waals surface area contributed by atoms with Crippen molar-refractivity contribution in [2.75, 3.05) is 20.2 Å². The Morgan fingerprint density at radius 1 is 1.17 bits per heavy atom. The standard InChI is InChI=1S/C14H16N2O.ClH/c1-17-12-7-6-10-4-2-3-5-11(10)13(12)14(15)8-16-9-14;/h2-7,16H,8-9,15H2,1H3;1H. The number of fused-ring (bicyclic) bond motifs is 1. The second-order valence-electron chi connectivity index (χ2n) is 4.62. The van der Waals surface area contributed by atoms with E-state index < -0.39 is 0 Å². The Balaban J connectivity index is 0.00000120. The van der Waals surface area contributed by atoms with E-state index in [1.807, 2.05) is 18.2 Å². The van der Waals surface area contributed by atoms with E-state index in [1.165, 1.54) is 10.8 Å². The van der Waals surface area contributed by atoms with Crippen LogP contribution in [0.3, 0.4) is 0 Å². The maximum Gasteiger partial charge on any atom is 0.124 e. The molecule has 3 nitrogen and oxygen atoms in total. The molecule has 1 aliphatic rings. The quantitative estimate of drug-likeness (QED) is 0.873. The van der Waals surface area contributed by atoms with Gasteiger partial charge >= 0.3 is 0 Å². The zero-order valence-corrected chi connectivity index (χ0v) is 11.1. The number of nitrogens with two attached hydrogens (primary N) is 1. The number of rotatable bonds is 2. The number of hydrogen-bond donors (Lipinski definition) is 2. The van der Waals surface area contributed by atoms with Crippen molar-refractivity contribution in [3.05, 3.63) is 42.0 Å². The number of nitrogens with one attached hydrogen (secondary N) is 1. The third-order valence-corrected chi connectivity index (χ3v) is 3.49. The second-order valence-corrected chi connectivity index (χ2v) is 4.62. The second kappa shape index (κ2) is 4.76. The van der Waals surface area contributed by atoms with Crippen molar-refractivity contribution in [2.24, 2.45) is 5.73 Å². The number of ether oxygens (including phenoxy) is 1. The van der Waals surface area contributed by atoms with E-state index in [0.717, 1.165) is 24.4 Å². The normalized spacial score (nSPS) is 16.8. The van der Waals surface area contributed by atoms with Crippen molar-refractivity contribution in [2.45, 2.75) is 5.54 Å². The van der Waals surface area contributed by atoms with Crippen molar-refractivity contribution >= 4 is 23.2 Å². The van der Waals surface area contributed by atoms with Crippen LogP contribution >= 0.6 is 12.4 Å². The number of benzene rings is 2. The van der Waals surface area contributed by atoms with Crippen LogP contribution in [0.2, 0.25) is 0 Å². The maximum absolute atomic E-state index is 6.42. The molecular formula is C14H17ClN2O. The van der Waals surface area contributed by atoms with Gasteiger partial charge in [0, 0.05) is 18.7 Å². The van der Waals surface area contributed by atoms with Crippen molar-refractivity contribution < 1.29 is 4.74 Å². The summed E-state index contributed by atoms with van der Waals surface area (Å²) in [6, 6.07) is 12.4.